The van der Waals surface area contributed by atoms with Crippen molar-refractivity contribution < 1.29 is 8.60 Å². The van der Waals surface area contributed by atoms with Crippen molar-refractivity contribution >= 4 is 15.4 Å². The lowest BCUT2D eigenvalue weighted by Gasteiger charge is -1.99. The fourth-order valence-electron chi connectivity index (χ4n) is 0.820. The predicted octanol–water partition coefficient (Wildman–Crippen LogP) is 2.57. The van der Waals surface area contributed by atoms with Crippen molar-refractivity contribution in [1.82, 2.24) is 0 Å². The van der Waals surface area contributed by atoms with Crippen molar-refractivity contribution in [3.05, 3.63) is 30.1 Å². The second-order valence-electron chi connectivity index (χ2n) is 2.82. The molecule has 1 aromatic carbocycles. The summed E-state index contributed by atoms with van der Waals surface area (Å²) in [5.74, 6) is 0.122. The Morgan fingerprint density at radius 3 is 2.77 bits per heavy atom. The number of nitrogens with zero attached hydrogens (tertiary/aromatic N) is 1. The Morgan fingerprint density at radius 1 is 1.54 bits per heavy atom. The Kier molecular flexibility index (Phi) is 3.03. The third kappa shape index (κ3) is 3.14. The summed E-state index contributed by atoms with van der Waals surface area (Å²) in [5, 5.41) is 0. The summed E-state index contributed by atoms with van der Waals surface area (Å²) < 4.78 is 28.2. The Bertz CT molecular complexity index is 408. The van der Waals surface area contributed by atoms with E-state index in [1.165, 1.54) is 12.1 Å². The molecule has 1 aromatic rings. The van der Waals surface area contributed by atoms with Crippen LogP contribution in [0.25, 0.3) is 0 Å². The Morgan fingerprint density at radius 2 is 2.23 bits per heavy atom. The molecule has 0 amide bonds. The molecular formula is C9H12FNOS. The van der Waals surface area contributed by atoms with Crippen molar-refractivity contribution in [2.45, 2.75) is 6.92 Å². The largest absolute Gasteiger partial charge is 0.250 e. The van der Waals surface area contributed by atoms with Crippen LogP contribution in [0.4, 0.5) is 10.1 Å². The number of hydrogen-bond acceptors (Lipinski definition) is 2. The van der Waals surface area contributed by atoms with Crippen LogP contribution in [0.3, 0.4) is 0 Å². The van der Waals surface area contributed by atoms with Gasteiger partial charge in [0.05, 0.1) is 5.69 Å². The number of hydrogen-bond donors (Lipinski definition) is 0. The SMILES string of the molecule is CC[S@@](C)(=O)=Nc1cccc(F)c1. The highest BCUT2D eigenvalue weighted by atomic mass is 32.2. The van der Waals surface area contributed by atoms with Crippen molar-refractivity contribution in [3.63, 3.8) is 0 Å². The quantitative estimate of drug-likeness (QED) is 0.723. The van der Waals surface area contributed by atoms with Gasteiger partial charge in [0.15, 0.2) is 0 Å². The standard InChI is InChI=1S/C9H12FNOS/c1-3-13(2,12)11-9-6-4-5-8(10)7-9/h4-7H,3H2,1-2H3/t13-/m1/s1. The highest BCUT2D eigenvalue weighted by molar-refractivity contribution is 7.93. The van der Waals surface area contributed by atoms with Crippen LogP contribution in [0, 0.1) is 5.82 Å². The van der Waals surface area contributed by atoms with E-state index in [0.29, 0.717) is 11.4 Å². The second-order valence-corrected chi connectivity index (χ2v) is 5.50. The van der Waals surface area contributed by atoms with Gasteiger partial charge in [-0.25, -0.2) is 8.60 Å². The van der Waals surface area contributed by atoms with E-state index in [2.05, 4.69) is 4.36 Å². The molecular weight excluding hydrogens is 189 g/mol. The molecule has 0 unspecified atom stereocenters. The van der Waals surface area contributed by atoms with Gasteiger partial charge >= 0.3 is 0 Å². The molecule has 0 radical (unpaired) electrons. The molecule has 0 N–H and O–H groups in total. The van der Waals surface area contributed by atoms with Crippen molar-refractivity contribution in [2.75, 3.05) is 12.0 Å². The highest BCUT2D eigenvalue weighted by Gasteiger charge is 1.98. The van der Waals surface area contributed by atoms with Crippen LogP contribution in [0.1, 0.15) is 6.92 Å². The van der Waals surface area contributed by atoms with Gasteiger partial charge in [-0.1, -0.05) is 13.0 Å². The Hall–Kier alpha value is -0.900. The first-order valence-corrected chi connectivity index (χ1v) is 6.08. The minimum absolute atomic E-state index is 0.354. The molecule has 0 spiro atoms. The number of rotatable bonds is 2. The number of benzene rings is 1. The van der Waals surface area contributed by atoms with Gasteiger partial charge in [-0.2, -0.15) is 4.36 Å². The Labute approximate surface area is 78.0 Å². The molecule has 0 fully saturated rings. The average molecular weight is 201 g/mol. The van der Waals surface area contributed by atoms with Gasteiger partial charge in [0.25, 0.3) is 0 Å². The van der Waals surface area contributed by atoms with E-state index in [1.54, 1.807) is 25.3 Å². The van der Waals surface area contributed by atoms with Crippen molar-refractivity contribution in [3.8, 4) is 0 Å². The minimum Gasteiger partial charge on any atom is -0.250 e. The first kappa shape index (κ1) is 10.2. The summed E-state index contributed by atoms with van der Waals surface area (Å²) >= 11 is 0. The van der Waals surface area contributed by atoms with Gasteiger partial charge in [-0.05, 0) is 12.1 Å². The zero-order chi connectivity index (χ0) is 9.90. The fourth-order valence-corrected chi connectivity index (χ4v) is 1.51. The average Bonchev–Trinajstić information content (AvgIpc) is 2.03. The van der Waals surface area contributed by atoms with Gasteiger partial charge in [0.1, 0.15) is 5.82 Å². The molecule has 72 valence electrons. The molecule has 0 heterocycles. The molecule has 2 nitrogen and oxygen atoms in total. The summed E-state index contributed by atoms with van der Waals surface area (Å²) in [6.45, 7) is 1.80. The van der Waals surface area contributed by atoms with Crippen LogP contribution < -0.4 is 0 Å². The van der Waals surface area contributed by atoms with Crippen LogP contribution in [-0.2, 0) is 9.73 Å². The molecule has 4 heteroatoms. The van der Waals surface area contributed by atoms with Crippen LogP contribution in [0.15, 0.2) is 28.6 Å². The molecule has 0 aliphatic carbocycles. The van der Waals surface area contributed by atoms with Gasteiger partial charge in [0.2, 0.25) is 0 Å². The summed E-state index contributed by atoms with van der Waals surface area (Å²) in [5.41, 5.74) is 0.439. The smallest absolute Gasteiger partial charge is 0.125 e. The predicted molar refractivity (Wildman–Crippen MR) is 53.1 cm³/mol. The van der Waals surface area contributed by atoms with Crippen molar-refractivity contribution in [2.24, 2.45) is 4.36 Å². The van der Waals surface area contributed by atoms with E-state index in [9.17, 15) is 8.60 Å². The van der Waals surface area contributed by atoms with Crippen LogP contribution in [0.2, 0.25) is 0 Å². The van der Waals surface area contributed by atoms with E-state index in [-0.39, 0.29) is 5.82 Å². The molecule has 0 aromatic heterocycles. The maximum Gasteiger partial charge on any atom is 0.125 e. The van der Waals surface area contributed by atoms with Crippen molar-refractivity contribution in [1.29, 1.82) is 0 Å². The van der Waals surface area contributed by atoms with Gasteiger partial charge < -0.3 is 0 Å². The summed E-state index contributed by atoms with van der Waals surface area (Å²) in [4.78, 5) is 0. The first-order chi connectivity index (χ1) is 6.03. The fraction of sp³-hybridized carbons (Fsp3) is 0.333. The lowest BCUT2D eigenvalue weighted by Crippen LogP contribution is -1.97. The van der Waals surface area contributed by atoms with Crippen LogP contribution >= 0.6 is 0 Å². The molecule has 0 saturated heterocycles. The first-order valence-electron chi connectivity index (χ1n) is 3.99. The lowest BCUT2D eigenvalue weighted by atomic mass is 10.3. The third-order valence-electron chi connectivity index (χ3n) is 1.64. The molecule has 13 heavy (non-hydrogen) atoms. The molecule has 1 rings (SSSR count). The van der Waals surface area contributed by atoms with Crippen LogP contribution in [0.5, 0.6) is 0 Å². The molecule has 0 aliphatic rings. The van der Waals surface area contributed by atoms with E-state index in [1.807, 2.05) is 0 Å². The van der Waals surface area contributed by atoms with Crippen LogP contribution in [-0.4, -0.2) is 16.2 Å². The maximum absolute atomic E-state index is 12.7. The molecule has 1 atom stereocenters. The zero-order valence-electron chi connectivity index (χ0n) is 7.66. The molecule has 0 aliphatic heterocycles. The zero-order valence-corrected chi connectivity index (χ0v) is 8.47. The van der Waals surface area contributed by atoms with E-state index >= 15 is 0 Å². The topological polar surface area (TPSA) is 29.4 Å². The highest BCUT2D eigenvalue weighted by Crippen LogP contribution is 2.15. The van der Waals surface area contributed by atoms with Gasteiger partial charge in [-0.3, -0.25) is 0 Å². The van der Waals surface area contributed by atoms with E-state index in [4.69, 9.17) is 0 Å². The number of halogens is 1. The van der Waals surface area contributed by atoms with Gasteiger partial charge in [-0.15, -0.1) is 0 Å². The van der Waals surface area contributed by atoms with E-state index < -0.39 is 9.73 Å². The maximum atomic E-state index is 12.7. The Balaban J connectivity index is 3.12. The molecule has 0 bridgehead atoms. The second kappa shape index (κ2) is 3.87. The lowest BCUT2D eigenvalue weighted by molar-refractivity contribution is 0.628. The monoisotopic (exact) mass is 201 g/mol. The van der Waals surface area contributed by atoms with E-state index in [0.717, 1.165) is 0 Å². The van der Waals surface area contributed by atoms with Gasteiger partial charge in [0, 0.05) is 27.8 Å². The summed E-state index contributed by atoms with van der Waals surface area (Å²) in [7, 11) is -2.18. The summed E-state index contributed by atoms with van der Waals surface area (Å²) in [6.07, 6.45) is 1.57. The molecule has 0 saturated carbocycles. The third-order valence-corrected chi connectivity index (χ3v) is 3.31. The minimum atomic E-state index is -2.18. The normalized spacial score (nSPS) is 15.0. The summed E-state index contributed by atoms with van der Waals surface area (Å²) in [6, 6.07) is 5.81.